The number of likely N-dealkylation sites (N-methyl/N-ethyl adjacent to an activating group) is 1. The molecule has 116 valence electrons. The Balaban J connectivity index is 2.17. The minimum absolute atomic E-state index is 0.132. The summed E-state index contributed by atoms with van der Waals surface area (Å²) < 4.78 is 0. The number of aliphatic hydroxyl groups excluding tert-OH is 1. The Labute approximate surface area is 134 Å². The number of nitrogens with zero attached hydrogens (tertiary/aromatic N) is 1. The van der Waals surface area contributed by atoms with Crippen molar-refractivity contribution in [2.75, 3.05) is 7.05 Å². The van der Waals surface area contributed by atoms with Crippen LogP contribution < -0.4 is 0 Å². The first-order valence-corrected chi connectivity index (χ1v) is 7.37. The van der Waals surface area contributed by atoms with E-state index in [1.54, 1.807) is 19.2 Å². The second kappa shape index (κ2) is 5.72. The number of hydrogen-bond acceptors (Lipinski definition) is 3. The van der Waals surface area contributed by atoms with Crippen LogP contribution in [0.1, 0.15) is 22.7 Å². The van der Waals surface area contributed by atoms with Crippen molar-refractivity contribution in [3.8, 4) is 0 Å². The van der Waals surface area contributed by atoms with Gasteiger partial charge in [-0.1, -0.05) is 60.2 Å². The Morgan fingerprint density at radius 2 is 1.61 bits per heavy atom. The Morgan fingerprint density at radius 1 is 1.00 bits per heavy atom. The largest absolute Gasteiger partial charge is 0.507 e. The molecule has 0 aliphatic carbocycles. The van der Waals surface area contributed by atoms with Crippen LogP contribution in [0.25, 0.3) is 5.76 Å². The monoisotopic (exact) mass is 307 g/mol. The quantitative estimate of drug-likeness (QED) is 0.527. The van der Waals surface area contributed by atoms with Gasteiger partial charge in [-0.25, -0.2) is 0 Å². The summed E-state index contributed by atoms with van der Waals surface area (Å²) in [6, 6.07) is 15.9. The van der Waals surface area contributed by atoms with Crippen LogP contribution >= 0.6 is 0 Å². The Morgan fingerprint density at radius 3 is 2.22 bits per heavy atom. The first kappa shape index (κ1) is 15.0. The number of hydrogen-bond donors (Lipinski definition) is 1. The molecule has 0 bridgehead atoms. The lowest BCUT2D eigenvalue weighted by Crippen LogP contribution is -2.24. The molecule has 0 radical (unpaired) electrons. The number of likely N-dealkylation sites (tertiary alicyclic amines) is 1. The highest BCUT2D eigenvalue weighted by Gasteiger charge is 2.44. The molecule has 0 spiro atoms. The van der Waals surface area contributed by atoms with Crippen molar-refractivity contribution in [1.29, 1.82) is 0 Å². The summed E-state index contributed by atoms with van der Waals surface area (Å²) in [4.78, 5) is 25.9. The molecular formula is C19H17NO3. The molecule has 4 nitrogen and oxygen atoms in total. The average molecular weight is 307 g/mol. The second-order valence-corrected chi connectivity index (χ2v) is 5.69. The predicted molar refractivity (Wildman–Crippen MR) is 87.7 cm³/mol. The van der Waals surface area contributed by atoms with Crippen molar-refractivity contribution < 1.29 is 14.7 Å². The summed E-state index contributed by atoms with van der Waals surface area (Å²) in [5, 5.41) is 10.6. The molecule has 2 aromatic rings. The number of amides is 1. The van der Waals surface area contributed by atoms with Crippen LogP contribution in [0.15, 0.2) is 60.2 Å². The van der Waals surface area contributed by atoms with Crippen LogP contribution in [0.4, 0.5) is 0 Å². The molecule has 1 fully saturated rings. The molecule has 2 aromatic carbocycles. The van der Waals surface area contributed by atoms with Crippen molar-refractivity contribution in [2.24, 2.45) is 0 Å². The van der Waals surface area contributed by atoms with Gasteiger partial charge in [-0.3, -0.25) is 9.59 Å². The second-order valence-electron chi connectivity index (χ2n) is 5.69. The average Bonchev–Trinajstić information content (AvgIpc) is 2.80. The summed E-state index contributed by atoms with van der Waals surface area (Å²) in [5.74, 6) is -1.39. The van der Waals surface area contributed by atoms with Crippen molar-refractivity contribution in [3.05, 3.63) is 76.9 Å². The van der Waals surface area contributed by atoms with Crippen LogP contribution in [0, 0.1) is 6.92 Å². The molecule has 0 saturated carbocycles. The zero-order chi connectivity index (χ0) is 16.6. The Bertz CT molecular complexity index is 791. The number of aryl methyl sites for hydroxylation is 1. The molecule has 1 aliphatic heterocycles. The summed E-state index contributed by atoms with van der Waals surface area (Å²) in [5.41, 5.74) is 2.51. The minimum Gasteiger partial charge on any atom is -0.507 e. The fourth-order valence-corrected chi connectivity index (χ4v) is 2.84. The molecule has 1 heterocycles. The molecular weight excluding hydrogens is 290 g/mol. The lowest BCUT2D eigenvalue weighted by molar-refractivity contribution is -0.139. The fraction of sp³-hybridized carbons (Fsp3) is 0.158. The summed E-state index contributed by atoms with van der Waals surface area (Å²) in [6.45, 7) is 1.94. The van der Waals surface area contributed by atoms with Gasteiger partial charge in [-0.05, 0) is 12.5 Å². The Kier molecular flexibility index (Phi) is 3.74. The van der Waals surface area contributed by atoms with Gasteiger partial charge in [0.15, 0.2) is 0 Å². The van der Waals surface area contributed by atoms with Crippen LogP contribution in [-0.2, 0) is 9.59 Å². The summed E-state index contributed by atoms with van der Waals surface area (Å²) >= 11 is 0. The van der Waals surface area contributed by atoms with Crippen LogP contribution in [0.5, 0.6) is 0 Å². The van der Waals surface area contributed by atoms with Crippen LogP contribution in [-0.4, -0.2) is 28.7 Å². The maximum absolute atomic E-state index is 12.4. The highest BCUT2D eigenvalue weighted by atomic mass is 16.3. The van der Waals surface area contributed by atoms with Crippen molar-refractivity contribution in [3.63, 3.8) is 0 Å². The van der Waals surface area contributed by atoms with E-state index in [1.165, 1.54) is 4.90 Å². The summed E-state index contributed by atoms with van der Waals surface area (Å²) in [6.07, 6.45) is 0. The topological polar surface area (TPSA) is 57.6 Å². The van der Waals surface area contributed by atoms with E-state index in [0.717, 1.165) is 11.1 Å². The van der Waals surface area contributed by atoms with Gasteiger partial charge >= 0.3 is 0 Å². The maximum atomic E-state index is 12.4. The first-order chi connectivity index (χ1) is 11.0. The molecule has 4 heteroatoms. The van der Waals surface area contributed by atoms with Crippen molar-refractivity contribution in [2.45, 2.75) is 13.0 Å². The van der Waals surface area contributed by atoms with Gasteiger partial charge in [0.25, 0.3) is 11.7 Å². The molecule has 1 N–H and O–H groups in total. The molecule has 1 aliphatic rings. The molecule has 1 saturated heterocycles. The van der Waals surface area contributed by atoms with Crippen molar-refractivity contribution >= 4 is 17.4 Å². The van der Waals surface area contributed by atoms with Crippen LogP contribution in [0.2, 0.25) is 0 Å². The Hall–Kier alpha value is -2.88. The maximum Gasteiger partial charge on any atom is 0.295 e. The molecule has 0 aromatic heterocycles. The lowest BCUT2D eigenvalue weighted by Gasteiger charge is -2.20. The molecule has 1 amide bonds. The van der Waals surface area contributed by atoms with Gasteiger partial charge in [0.05, 0.1) is 11.6 Å². The number of rotatable bonds is 2. The van der Waals surface area contributed by atoms with E-state index in [-0.39, 0.29) is 11.3 Å². The molecule has 1 atom stereocenters. The molecule has 23 heavy (non-hydrogen) atoms. The van der Waals surface area contributed by atoms with Gasteiger partial charge in [0.1, 0.15) is 5.76 Å². The number of ketones is 1. The first-order valence-electron chi connectivity index (χ1n) is 7.37. The number of benzene rings is 2. The van der Waals surface area contributed by atoms with E-state index in [1.807, 2.05) is 49.4 Å². The normalized spacial score (nSPS) is 20.1. The van der Waals surface area contributed by atoms with E-state index in [2.05, 4.69) is 0 Å². The van der Waals surface area contributed by atoms with Gasteiger partial charge in [0, 0.05) is 12.6 Å². The number of Topliss-reactive ketones (excluding diaryl/α,β-unsaturated/α-hetero) is 1. The predicted octanol–water partition coefficient (Wildman–Crippen LogP) is 3.05. The molecule has 3 rings (SSSR count). The minimum atomic E-state index is -0.653. The third-order valence-electron chi connectivity index (χ3n) is 4.12. The SMILES string of the molecule is Cc1ccc(C(O)=C2C(=O)C(=O)N(C)[C@H]2c2ccccc2)cc1. The number of carbonyl (C=O) groups is 2. The highest BCUT2D eigenvalue weighted by molar-refractivity contribution is 6.46. The van der Waals surface area contributed by atoms with Gasteiger partial charge < -0.3 is 10.0 Å². The fourth-order valence-electron chi connectivity index (χ4n) is 2.84. The highest BCUT2D eigenvalue weighted by Crippen LogP contribution is 2.38. The van der Waals surface area contributed by atoms with E-state index < -0.39 is 17.7 Å². The zero-order valence-electron chi connectivity index (χ0n) is 13.0. The summed E-state index contributed by atoms with van der Waals surface area (Å²) in [7, 11) is 1.58. The van der Waals surface area contributed by atoms with E-state index in [4.69, 9.17) is 0 Å². The van der Waals surface area contributed by atoms with Gasteiger partial charge in [0.2, 0.25) is 0 Å². The third kappa shape index (κ3) is 2.52. The number of carbonyl (C=O) groups excluding carboxylic acids is 2. The van der Waals surface area contributed by atoms with Gasteiger partial charge in [-0.15, -0.1) is 0 Å². The standard InChI is InChI=1S/C19H17NO3/c1-12-8-10-14(11-9-12)17(21)15-16(13-6-4-3-5-7-13)20(2)19(23)18(15)22/h3-11,16,21H,1-2H3/t16-/m0/s1. The van der Waals surface area contributed by atoms with Crippen molar-refractivity contribution in [1.82, 2.24) is 4.90 Å². The van der Waals surface area contributed by atoms with E-state index in [0.29, 0.717) is 5.56 Å². The molecule has 0 unspecified atom stereocenters. The number of aliphatic hydroxyl groups is 1. The zero-order valence-corrected chi connectivity index (χ0v) is 13.0. The van der Waals surface area contributed by atoms with Gasteiger partial charge in [-0.2, -0.15) is 0 Å². The smallest absolute Gasteiger partial charge is 0.295 e. The lowest BCUT2D eigenvalue weighted by atomic mass is 9.95. The van der Waals surface area contributed by atoms with E-state index >= 15 is 0 Å². The van der Waals surface area contributed by atoms with E-state index in [9.17, 15) is 14.7 Å². The third-order valence-corrected chi connectivity index (χ3v) is 4.12. The van der Waals surface area contributed by atoms with Crippen LogP contribution in [0.3, 0.4) is 0 Å².